The number of pyridine rings is 1. The van der Waals surface area contributed by atoms with E-state index in [0.717, 1.165) is 0 Å². The molecule has 1 aromatic carbocycles. The fraction of sp³-hybridized carbons (Fsp3) is 0.235. The van der Waals surface area contributed by atoms with Crippen molar-refractivity contribution in [1.82, 2.24) is 19.9 Å². The van der Waals surface area contributed by atoms with Crippen LogP contribution in [0.1, 0.15) is 6.92 Å². The standard InChI is InChI=1S/C17H20N4O4S.H2O/c1-2-21(12-11-19-17(23)20-13-22)26(24)16-5-3-14(4-6-16)25-15-7-9-18-10-8-15;/h3-10,13H,2,11-12H2,1H3,(H2,19,20,22,23);1H2. The van der Waals surface area contributed by atoms with E-state index in [0.29, 0.717) is 35.9 Å². The Kier molecular flexibility index (Phi) is 9.65. The molecule has 1 heterocycles. The van der Waals surface area contributed by atoms with Gasteiger partial charge in [0.15, 0.2) is 0 Å². The summed E-state index contributed by atoms with van der Waals surface area (Å²) < 4.78 is 20.0. The first-order valence-electron chi connectivity index (χ1n) is 7.97. The van der Waals surface area contributed by atoms with Gasteiger partial charge in [0.1, 0.15) is 22.5 Å². The van der Waals surface area contributed by atoms with Gasteiger partial charge in [-0.3, -0.25) is 15.1 Å². The van der Waals surface area contributed by atoms with E-state index in [4.69, 9.17) is 4.74 Å². The maximum Gasteiger partial charge on any atom is 0.321 e. The predicted molar refractivity (Wildman–Crippen MR) is 101 cm³/mol. The van der Waals surface area contributed by atoms with Crippen LogP contribution in [0, 0.1) is 0 Å². The number of rotatable bonds is 9. The van der Waals surface area contributed by atoms with E-state index in [1.165, 1.54) is 0 Å². The van der Waals surface area contributed by atoms with Gasteiger partial charge < -0.3 is 15.5 Å². The average molecular weight is 394 g/mol. The number of hydrogen-bond acceptors (Lipinski definition) is 5. The third kappa shape index (κ3) is 7.13. The second-order valence-corrected chi connectivity index (χ2v) is 6.53. The van der Waals surface area contributed by atoms with E-state index in [1.54, 1.807) is 53.1 Å². The molecule has 146 valence electrons. The monoisotopic (exact) mass is 394 g/mol. The molecule has 0 radical (unpaired) electrons. The van der Waals surface area contributed by atoms with Gasteiger partial charge in [0, 0.05) is 32.0 Å². The fourth-order valence-corrected chi connectivity index (χ4v) is 3.23. The molecule has 4 N–H and O–H groups in total. The molecule has 0 aliphatic carbocycles. The van der Waals surface area contributed by atoms with Crippen molar-refractivity contribution < 1.29 is 24.0 Å². The van der Waals surface area contributed by atoms with Gasteiger partial charge in [-0.1, -0.05) is 6.92 Å². The second-order valence-electron chi connectivity index (χ2n) is 5.05. The third-order valence-corrected chi connectivity index (χ3v) is 4.92. The van der Waals surface area contributed by atoms with Crippen molar-refractivity contribution in [2.75, 3.05) is 19.6 Å². The maximum absolute atomic E-state index is 12.7. The van der Waals surface area contributed by atoms with Crippen LogP contribution in [-0.4, -0.2) is 51.0 Å². The normalized spacial score (nSPS) is 11.2. The maximum atomic E-state index is 12.7. The Hall–Kier alpha value is -2.82. The zero-order valence-electron chi connectivity index (χ0n) is 14.8. The molecule has 0 aliphatic rings. The highest BCUT2D eigenvalue weighted by Gasteiger charge is 2.14. The van der Waals surface area contributed by atoms with Crippen LogP contribution in [0.15, 0.2) is 53.7 Å². The molecule has 9 nitrogen and oxygen atoms in total. The van der Waals surface area contributed by atoms with Crippen LogP contribution in [0.2, 0.25) is 0 Å². The highest BCUT2D eigenvalue weighted by molar-refractivity contribution is 7.82. The SMILES string of the molecule is CCN(CCNC(=O)NC=O)S(=O)c1ccc(Oc2ccncc2)cc1.O. The summed E-state index contributed by atoms with van der Waals surface area (Å²) in [4.78, 5) is 25.9. The van der Waals surface area contributed by atoms with E-state index in [9.17, 15) is 13.8 Å². The average Bonchev–Trinajstić information content (AvgIpc) is 2.66. The largest absolute Gasteiger partial charge is 0.457 e. The zero-order valence-corrected chi connectivity index (χ0v) is 15.6. The number of hydrogen-bond donors (Lipinski definition) is 2. The Morgan fingerprint density at radius 1 is 1.19 bits per heavy atom. The molecule has 0 saturated heterocycles. The Labute approximate surface area is 159 Å². The van der Waals surface area contributed by atoms with Crippen molar-refractivity contribution in [1.29, 1.82) is 0 Å². The van der Waals surface area contributed by atoms with Crippen molar-refractivity contribution >= 4 is 23.4 Å². The first-order valence-corrected chi connectivity index (χ1v) is 9.07. The number of imide groups is 1. The van der Waals surface area contributed by atoms with Crippen molar-refractivity contribution in [3.05, 3.63) is 48.8 Å². The highest BCUT2D eigenvalue weighted by Crippen LogP contribution is 2.22. The van der Waals surface area contributed by atoms with Gasteiger partial charge in [-0.15, -0.1) is 0 Å². The summed E-state index contributed by atoms with van der Waals surface area (Å²) >= 11 is 0. The molecule has 2 rings (SSSR count). The molecule has 0 bridgehead atoms. The molecule has 1 atom stereocenters. The summed E-state index contributed by atoms with van der Waals surface area (Å²) in [5, 5.41) is 4.49. The number of likely N-dealkylation sites (N-methyl/N-ethyl adjacent to an activating group) is 1. The molecular formula is C17H22N4O5S. The molecular weight excluding hydrogens is 372 g/mol. The Balaban J connectivity index is 0.00000364. The molecule has 0 aliphatic heterocycles. The number of nitrogens with one attached hydrogen (secondary N) is 2. The van der Waals surface area contributed by atoms with Gasteiger partial charge in [-0.05, 0) is 36.4 Å². The van der Waals surface area contributed by atoms with Crippen LogP contribution in [0.5, 0.6) is 11.5 Å². The smallest absolute Gasteiger partial charge is 0.321 e. The fourth-order valence-electron chi connectivity index (χ4n) is 2.07. The van der Waals surface area contributed by atoms with E-state index in [1.807, 2.05) is 12.2 Å². The van der Waals surface area contributed by atoms with Gasteiger partial charge >= 0.3 is 6.03 Å². The molecule has 0 spiro atoms. The van der Waals surface area contributed by atoms with E-state index < -0.39 is 17.0 Å². The van der Waals surface area contributed by atoms with E-state index in [2.05, 4.69) is 10.3 Å². The van der Waals surface area contributed by atoms with Gasteiger partial charge in [-0.25, -0.2) is 13.3 Å². The number of urea groups is 1. The van der Waals surface area contributed by atoms with E-state index >= 15 is 0 Å². The molecule has 10 heteroatoms. The van der Waals surface area contributed by atoms with Gasteiger partial charge in [0.05, 0.1) is 4.90 Å². The van der Waals surface area contributed by atoms with Crippen molar-refractivity contribution in [3.63, 3.8) is 0 Å². The topological polar surface area (TPSA) is 132 Å². The summed E-state index contributed by atoms with van der Waals surface area (Å²) in [6, 6.07) is 9.88. The highest BCUT2D eigenvalue weighted by atomic mass is 32.2. The third-order valence-electron chi connectivity index (χ3n) is 3.33. The summed E-state index contributed by atoms with van der Waals surface area (Å²) in [5.41, 5.74) is 0. The van der Waals surface area contributed by atoms with E-state index in [-0.39, 0.29) is 12.0 Å². The van der Waals surface area contributed by atoms with Crippen LogP contribution >= 0.6 is 0 Å². The van der Waals surface area contributed by atoms with Gasteiger partial charge in [0.2, 0.25) is 6.41 Å². The van der Waals surface area contributed by atoms with Crippen LogP contribution < -0.4 is 15.4 Å². The Morgan fingerprint density at radius 2 is 1.81 bits per heavy atom. The molecule has 27 heavy (non-hydrogen) atoms. The Bertz CT molecular complexity index is 743. The number of benzene rings is 1. The van der Waals surface area contributed by atoms with Crippen LogP contribution in [0.4, 0.5) is 4.79 Å². The van der Waals surface area contributed by atoms with Gasteiger partial charge in [-0.2, -0.15) is 0 Å². The molecule has 2 aromatic rings. The molecule has 1 unspecified atom stereocenters. The summed E-state index contributed by atoms with van der Waals surface area (Å²) in [6.07, 6.45) is 3.59. The van der Waals surface area contributed by atoms with Gasteiger partial charge in [0.25, 0.3) is 0 Å². The predicted octanol–water partition coefficient (Wildman–Crippen LogP) is 0.849. The molecule has 3 amide bonds. The van der Waals surface area contributed by atoms with Crippen LogP contribution in [-0.2, 0) is 15.8 Å². The summed E-state index contributed by atoms with van der Waals surface area (Å²) in [6.45, 7) is 3.07. The number of amides is 3. The number of nitrogens with zero attached hydrogens (tertiary/aromatic N) is 2. The Morgan fingerprint density at radius 3 is 2.41 bits per heavy atom. The quantitative estimate of drug-likeness (QED) is 0.609. The summed E-state index contributed by atoms with van der Waals surface area (Å²) in [7, 11) is -1.37. The van der Waals surface area contributed by atoms with Crippen molar-refractivity contribution in [2.45, 2.75) is 11.8 Å². The summed E-state index contributed by atoms with van der Waals surface area (Å²) in [5.74, 6) is 1.30. The number of carbonyl (C=O) groups excluding carboxylic acids is 2. The van der Waals surface area contributed by atoms with Crippen molar-refractivity contribution in [2.24, 2.45) is 0 Å². The molecule has 1 aromatic heterocycles. The minimum absolute atomic E-state index is 0. The lowest BCUT2D eigenvalue weighted by Crippen LogP contribution is -2.40. The lowest BCUT2D eigenvalue weighted by Gasteiger charge is -2.19. The number of ether oxygens (including phenoxy) is 1. The minimum Gasteiger partial charge on any atom is -0.457 e. The molecule has 0 fully saturated rings. The molecule has 0 saturated carbocycles. The van der Waals surface area contributed by atoms with Crippen LogP contribution in [0.25, 0.3) is 0 Å². The second kappa shape index (κ2) is 11.7. The first-order chi connectivity index (χ1) is 12.6. The number of carbonyl (C=O) groups is 2. The number of aromatic nitrogens is 1. The minimum atomic E-state index is -1.37. The first kappa shape index (κ1) is 22.2. The lowest BCUT2D eigenvalue weighted by atomic mass is 10.3. The lowest BCUT2D eigenvalue weighted by molar-refractivity contribution is -0.108. The van der Waals surface area contributed by atoms with Crippen LogP contribution in [0.3, 0.4) is 0 Å². The zero-order chi connectivity index (χ0) is 18.8. The van der Waals surface area contributed by atoms with Crippen molar-refractivity contribution in [3.8, 4) is 11.5 Å².